The summed E-state index contributed by atoms with van der Waals surface area (Å²) in [7, 11) is 0. The first-order valence-electron chi connectivity index (χ1n) is 6.16. The fourth-order valence-corrected chi connectivity index (χ4v) is 2.03. The third-order valence-corrected chi connectivity index (χ3v) is 3.41. The molecule has 3 heteroatoms. The lowest BCUT2D eigenvalue weighted by molar-refractivity contribution is -0.126. The summed E-state index contributed by atoms with van der Waals surface area (Å²) in [6, 6.07) is 0.234. The number of hydrogen-bond acceptors (Lipinski definition) is 2. The van der Waals surface area contributed by atoms with E-state index in [1.807, 2.05) is 0 Å². The highest BCUT2D eigenvalue weighted by Crippen LogP contribution is 2.23. The normalized spacial score (nSPS) is 28.5. The van der Waals surface area contributed by atoms with E-state index in [0.717, 1.165) is 38.6 Å². The molecule has 0 aliphatic heterocycles. The van der Waals surface area contributed by atoms with Crippen molar-refractivity contribution in [2.24, 2.45) is 17.6 Å². The molecule has 1 saturated carbocycles. The lowest BCUT2D eigenvalue weighted by atomic mass is 9.85. The number of hydrogen-bond donors (Lipinski definition) is 2. The van der Waals surface area contributed by atoms with Gasteiger partial charge in [-0.05, 0) is 25.2 Å². The Hall–Kier alpha value is -0.570. The number of nitrogens with two attached hydrogens (primary N) is 1. The van der Waals surface area contributed by atoms with E-state index in [1.165, 1.54) is 0 Å². The second-order valence-electron chi connectivity index (χ2n) is 4.88. The van der Waals surface area contributed by atoms with Gasteiger partial charge in [0.15, 0.2) is 0 Å². The van der Waals surface area contributed by atoms with E-state index in [1.54, 1.807) is 0 Å². The molecule has 0 aromatic rings. The molecule has 3 unspecified atom stereocenters. The van der Waals surface area contributed by atoms with Crippen molar-refractivity contribution in [1.29, 1.82) is 0 Å². The smallest absolute Gasteiger partial charge is 0.223 e. The van der Waals surface area contributed by atoms with E-state index in [9.17, 15) is 4.79 Å². The Morgan fingerprint density at radius 2 is 2.27 bits per heavy atom. The summed E-state index contributed by atoms with van der Waals surface area (Å²) in [6.07, 6.45) is 5.18. The number of carbonyl (C=O) groups excluding carboxylic acids is 1. The monoisotopic (exact) mass is 212 g/mol. The summed E-state index contributed by atoms with van der Waals surface area (Å²) in [5, 5.41) is 3.03. The molecule has 0 aromatic carbocycles. The highest BCUT2D eigenvalue weighted by atomic mass is 16.1. The molecule has 1 amide bonds. The van der Waals surface area contributed by atoms with Gasteiger partial charge in [-0.25, -0.2) is 0 Å². The lowest BCUT2D eigenvalue weighted by Crippen LogP contribution is -2.39. The van der Waals surface area contributed by atoms with Crippen molar-refractivity contribution in [3.8, 4) is 0 Å². The molecule has 0 saturated heterocycles. The van der Waals surface area contributed by atoms with Crippen LogP contribution in [0.5, 0.6) is 0 Å². The summed E-state index contributed by atoms with van der Waals surface area (Å²) in [4.78, 5) is 11.8. The van der Waals surface area contributed by atoms with Gasteiger partial charge in [0.05, 0.1) is 0 Å². The Labute approximate surface area is 92.8 Å². The fourth-order valence-electron chi connectivity index (χ4n) is 2.03. The molecular weight excluding hydrogens is 188 g/mol. The van der Waals surface area contributed by atoms with Crippen LogP contribution in [-0.2, 0) is 4.79 Å². The zero-order valence-electron chi connectivity index (χ0n) is 9.96. The van der Waals surface area contributed by atoms with Gasteiger partial charge >= 0.3 is 0 Å². The van der Waals surface area contributed by atoms with Gasteiger partial charge < -0.3 is 11.1 Å². The minimum absolute atomic E-state index is 0.165. The quantitative estimate of drug-likeness (QED) is 0.744. The van der Waals surface area contributed by atoms with Crippen molar-refractivity contribution in [3.63, 3.8) is 0 Å². The summed E-state index contributed by atoms with van der Waals surface area (Å²) in [5.74, 6) is 0.953. The van der Waals surface area contributed by atoms with Crippen molar-refractivity contribution in [1.82, 2.24) is 5.32 Å². The Bertz CT molecular complexity index is 206. The molecule has 0 spiro atoms. The van der Waals surface area contributed by atoms with Crippen LogP contribution in [0.4, 0.5) is 0 Å². The van der Waals surface area contributed by atoms with Gasteiger partial charge in [-0.1, -0.05) is 26.7 Å². The largest absolute Gasteiger partial charge is 0.356 e. The van der Waals surface area contributed by atoms with Gasteiger partial charge in [-0.15, -0.1) is 0 Å². The minimum Gasteiger partial charge on any atom is -0.356 e. The number of nitrogens with one attached hydrogen (secondary N) is 1. The van der Waals surface area contributed by atoms with Gasteiger partial charge in [-0.3, -0.25) is 4.79 Å². The highest BCUT2D eigenvalue weighted by Gasteiger charge is 2.25. The molecule has 1 aliphatic rings. The van der Waals surface area contributed by atoms with Crippen LogP contribution in [0.3, 0.4) is 0 Å². The standard InChI is InChI=1S/C12H24N2O/c1-3-9(2)8-14-12(15)10-5-4-6-11(13)7-10/h9-11H,3-8,13H2,1-2H3,(H,14,15). The predicted octanol–water partition coefficient (Wildman–Crippen LogP) is 1.67. The van der Waals surface area contributed by atoms with Gasteiger partial charge in [0.25, 0.3) is 0 Å². The zero-order chi connectivity index (χ0) is 11.3. The van der Waals surface area contributed by atoms with Crippen LogP contribution < -0.4 is 11.1 Å². The van der Waals surface area contributed by atoms with Crippen molar-refractivity contribution in [2.75, 3.05) is 6.54 Å². The third-order valence-electron chi connectivity index (χ3n) is 3.41. The average molecular weight is 212 g/mol. The molecule has 3 atom stereocenters. The Morgan fingerprint density at radius 3 is 2.87 bits per heavy atom. The molecule has 3 N–H and O–H groups in total. The van der Waals surface area contributed by atoms with E-state index in [-0.39, 0.29) is 17.9 Å². The first-order valence-corrected chi connectivity index (χ1v) is 6.16. The maximum Gasteiger partial charge on any atom is 0.223 e. The molecule has 0 radical (unpaired) electrons. The summed E-state index contributed by atoms with van der Waals surface area (Å²) in [6.45, 7) is 5.11. The van der Waals surface area contributed by atoms with Gasteiger partial charge in [0.1, 0.15) is 0 Å². The Balaban J connectivity index is 2.26. The van der Waals surface area contributed by atoms with Crippen LogP contribution in [-0.4, -0.2) is 18.5 Å². The van der Waals surface area contributed by atoms with Crippen molar-refractivity contribution < 1.29 is 4.79 Å². The second kappa shape index (κ2) is 6.11. The van der Waals surface area contributed by atoms with Gasteiger partial charge in [0, 0.05) is 18.5 Å². The molecule has 0 aromatic heterocycles. The van der Waals surface area contributed by atoms with Crippen LogP contribution in [0.1, 0.15) is 46.0 Å². The molecular formula is C12H24N2O. The van der Waals surface area contributed by atoms with Gasteiger partial charge in [-0.2, -0.15) is 0 Å². The Morgan fingerprint density at radius 1 is 1.53 bits per heavy atom. The molecule has 1 aliphatic carbocycles. The van der Waals surface area contributed by atoms with Crippen LogP contribution in [0.15, 0.2) is 0 Å². The highest BCUT2D eigenvalue weighted by molar-refractivity contribution is 5.78. The number of rotatable bonds is 4. The maximum atomic E-state index is 11.8. The SMILES string of the molecule is CCC(C)CNC(=O)C1CCCC(N)C1. The Kier molecular flexibility index (Phi) is 5.09. The fraction of sp³-hybridized carbons (Fsp3) is 0.917. The molecule has 15 heavy (non-hydrogen) atoms. The predicted molar refractivity (Wildman–Crippen MR) is 62.4 cm³/mol. The van der Waals surface area contributed by atoms with E-state index in [2.05, 4.69) is 19.2 Å². The first-order chi connectivity index (χ1) is 7.13. The van der Waals surface area contributed by atoms with Crippen molar-refractivity contribution >= 4 is 5.91 Å². The van der Waals surface area contributed by atoms with Crippen LogP contribution in [0.2, 0.25) is 0 Å². The third kappa shape index (κ3) is 4.20. The van der Waals surface area contributed by atoms with E-state index in [4.69, 9.17) is 5.73 Å². The average Bonchev–Trinajstić information content (AvgIpc) is 2.25. The topological polar surface area (TPSA) is 55.1 Å². The summed E-state index contributed by atoms with van der Waals surface area (Å²) < 4.78 is 0. The zero-order valence-corrected chi connectivity index (χ0v) is 9.96. The van der Waals surface area contributed by atoms with Crippen LogP contribution in [0.25, 0.3) is 0 Å². The molecule has 1 rings (SSSR count). The second-order valence-corrected chi connectivity index (χ2v) is 4.88. The van der Waals surface area contributed by atoms with E-state index >= 15 is 0 Å². The molecule has 3 nitrogen and oxygen atoms in total. The van der Waals surface area contributed by atoms with Gasteiger partial charge in [0.2, 0.25) is 5.91 Å². The molecule has 0 bridgehead atoms. The van der Waals surface area contributed by atoms with E-state index < -0.39 is 0 Å². The molecule has 0 heterocycles. The molecule has 1 fully saturated rings. The summed E-state index contributed by atoms with van der Waals surface area (Å²) in [5.41, 5.74) is 5.87. The van der Waals surface area contributed by atoms with Crippen molar-refractivity contribution in [3.05, 3.63) is 0 Å². The first kappa shape index (κ1) is 12.5. The van der Waals surface area contributed by atoms with E-state index in [0.29, 0.717) is 5.92 Å². The number of carbonyl (C=O) groups is 1. The summed E-state index contributed by atoms with van der Waals surface area (Å²) >= 11 is 0. The van der Waals surface area contributed by atoms with Crippen molar-refractivity contribution in [2.45, 2.75) is 52.0 Å². The lowest BCUT2D eigenvalue weighted by Gasteiger charge is -2.26. The van der Waals surface area contributed by atoms with Crippen LogP contribution in [0, 0.1) is 11.8 Å². The maximum absolute atomic E-state index is 11.8. The van der Waals surface area contributed by atoms with Crippen LogP contribution >= 0.6 is 0 Å². The molecule has 88 valence electrons. The number of amides is 1. The minimum atomic E-state index is 0.165.